The van der Waals surface area contributed by atoms with Crippen molar-refractivity contribution in [1.29, 1.82) is 0 Å². The molecule has 0 amide bonds. The maximum Gasteiger partial charge on any atom is 0.183 e. The molecule has 2 rings (SSSR count). The summed E-state index contributed by atoms with van der Waals surface area (Å²) in [6.07, 6.45) is 0. The zero-order valence-corrected chi connectivity index (χ0v) is 12.3. The van der Waals surface area contributed by atoms with E-state index in [2.05, 4.69) is 0 Å². The van der Waals surface area contributed by atoms with E-state index in [4.69, 9.17) is 0 Å². The van der Waals surface area contributed by atoms with Crippen LogP contribution in [0, 0.1) is 6.92 Å². The van der Waals surface area contributed by atoms with Crippen LogP contribution in [0.25, 0.3) is 0 Å². The monoisotopic (exact) mass is 284 g/mol. The smallest absolute Gasteiger partial charge is 0.183 e. The Bertz CT molecular complexity index is 603. The fourth-order valence-electron chi connectivity index (χ4n) is 1.83. The van der Waals surface area contributed by atoms with Crippen molar-refractivity contribution in [3.05, 3.63) is 65.7 Å². The standard InChI is InChI=1S/C17H16O2S/c1-12-8-10-15(11-9-12)20-17(13(2)18)16(19)14-6-4-3-5-7-14/h3-11,17H,1-2H3/t17-/m1/s1. The minimum atomic E-state index is -0.680. The van der Waals surface area contributed by atoms with Gasteiger partial charge in [-0.3, -0.25) is 9.59 Å². The molecule has 0 aliphatic heterocycles. The van der Waals surface area contributed by atoms with E-state index in [-0.39, 0.29) is 11.6 Å². The van der Waals surface area contributed by atoms with Crippen LogP contribution in [0.15, 0.2) is 59.5 Å². The van der Waals surface area contributed by atoms with Crippen molar-refractivity contribution < 1.29 is 9.59 Å². The second-order valence-corrected chi connectivity index (χ2v) is 5.83. The lowest BCUT2D eigenvalue weighted by Gasteiger charge is -2.12. The van der Waals surface area contributed by atoms with Gasteiger partial charge in [-0.25, -0.2) is 0 Å². The minimum absolute atomic E-state index is 0.121. The second-order valence-electron chi connectivity index (χ2n) is 4.65. The van der Waals surface area contributed by atoms with Gasteiger partial charge in [0, 0.05) is 10.5 Å². The van der Waals surface area contributed by atoms with E-state index < -0.39 is 5.25 Å². The molecule has 0 fully saturated rings. The van der Waals surface area contributed by atoms with Gasteiger partial charge < -0.3 is 0 Å². The normalized spacial score (nSPS) is 11.9. The van der Waals surface area contributed by atoms with Crippen molar-refractivity contribution in [1.82, 2.24) is 0 Å². The Morgan fingerprint density at radius 1 is 0.950 bits per heavy atom. The molecule has 0 radical (unpaired) electrons. The zero-order valence-electron chi connectivity index (χ0n) is 11.5. The number of carbonyl (C=O) groups excluding carboxylic acids is 2. The zero-order chi connectivity index (χ0) is 14.5. The number of carbonyl (C=O) groups is 2. The molecule has 0 unspecified atom stereocenters. The molecule has 102 valence electrons. The highest BCUT2D eigenvalue weighted by atomic mass is 32.2. The Morgan fingerprint density at radius 2 is 1.55 bits per heavy atom. The fourth-order valence-corrected chi connectivity index (χ4v) is 2.80. The van der Waals surface area contributed by atoms with Crippen molar-refractivity contribution in [2.45, 2.75) is 24.0 Å². The average Bonchev–Trinajstić information content (AvgIpc) is 2.46. The van der Waals surface area contributed by atoms with E-state index >= 15 is 0 Å². The Kier molecular flexibility index (Phi) is 4.74. The molecular weight excluding hydrogens is 268 g/mol. The summed E-state index contributed by atoms with van der Waals surface area (Å²) in [4.78, 5) is 25.1. The van der Waals surface area contributed by atoms with Gasteiger partial charge in [-0.1, -0.05) is 48.0 Å². The van der Waals surface area contributed by atoms with E-state index in [9.17, 15) is 9.59 Å². The molecule has 2 aromatic carbocycles. The summed E-state index contributed by atoms with van der Waals surface area (Å²) in [5, 5.41) is -0.680. The summed E-state index contributed by atoms with van der Waals surface area (Å²) >= 11 is 1.31. The Labute approximate surface area is 123 Å². The third-order valence-electron chi connectivity index (χ3n) is 2.94. The van der Waals surface area contributed by atoms with Crippen LogP contribution in [-0.4, -0.2) is 16.8 Å². The summed E-state index contributed by atoms with van der Waals surface area (Å²) in [5.74, 6) is -0.256. The van der Waals surface area contributed by atoms with Gasteiger partial charge in [0.1, 0.15) is 5.25 Å². The molecule has 0 aliphatic carbocycles. The number of aryl methyl sites for hydroxylation is 1. The van der Waals surface area contributed by atoms with Gasteiger partial charge in [0.25, 0.3) is 0 Å². The van der Waals surface area contributed by atoms with Crippen LogP contribution in [0.5, 0.6) is 0 Å². The van der Waals surface area contributed by atoms with Crippen LogP contribution in [0.4, 0.5) is 0 Å². The summed E-state index contributed by atoms with van der Waals surface area (Å²) in [5.41, 5.74) is 1.73. The molecule has 0 heterocycles. The summed E-state index contributed by atoms with van der Waals surface area (Å²) in [6, 6.07) is 16.8. The Balaban J connectivity index is 2.21. The van der Waals surface area contributed by atoms with Crippen LogP contribution in [0.2, 0.25) is 0 Å². The molecule has 0 N–H and O–H groups in total. The molecule has 0 bridgehead atoms. The predicted molar refractivity (Wildman–Crippen MR) is 82.3 cm³/mol. The van der Waals surface area contributed by atoms with Gasteiger partial charge >= 0.3 is 0 Å². The summed E-state index contributed by atoms with van der Waals surface area (Å²) < 4.78 is 0. The third-order valence-corrected chi connectivity index (χ3v) is 4.27. The van der Waals surface area contributed by atoms with Crippen molar-refractivity contribution in [2.75, 3.05) is 0 Å². The van der Waals surface area contributed by atoms with Gasteiger partial charge in [-0.15, -0.1) is 11.8 Å². The molecule has 20 heavy (non-hydrogen) atoms. The first kappa shape index (κ1) is 14.5. The molecule has 0 saturated carbocycles. The van der Waals surface area contributed by atoms with Gasteiger partial charge in [-0.2, -0.15) is 0 Å². The molecule has 1 atom stereocenters. The van der Waals surface area contributed by atoms with Crippen LogP contribution >= 0.6 is 11.8 Å². The van der Waals surface area contributed by atoms with E-state index in [1.165, 1.54) is 18.7 Å². The topological polar surface area (TPSA) is 34.1 Å². The fraction of sp³-hybridized carbons (Fsp3) is 0.176. The third kappa shape index (κ3) is 3.58. The predicted octanol–water partition coefficient (Wildman–Crippen LogP) is 3.93. The van der Waals surface area contributed by atoms with Crippen LogP contribution in [0.3, 0.4) is 0 Å². The molecule has 0 aromatic heterocycles. The number of benzene rings is 2. The van der Waals surface area contributed by atoms with Crippen molar-refractivity contribution in [2.24, 2.45) is 0 Å². The van der Waals surface area contributed by atoms with Crippen LogP contribution < -0.4 is 0 Å². The lowest BCUT2D eigenvalue weighted by Crippen LogP contribution is -2.24. The molecule has 0 spiro atoms. The first-order valence-corrected chi connectivity index (χ1v) is 7.29. The van der Waals surface area contributed by atoms with Crippen molar-refractivity contribution in [3.8, 4) is 0 Å². The molecule has 0 aliphatic rings. The molecule has 2 nitrogen and oxygen atoms in total. The minimum Gasteiger partial charge on any atom is -0.298 e. The second kappa shape index (κ2) is 6.53. The van der Waals surface area contributed by atoms with Gasteiger partial charge in [0.05, 0.1) is 0 Å². The number of thioether (sulfide) groups is 1. The number of rotatable bonds is 5. The number of hydrogen-bond donors (Lipinski definition) is 0. The van der Waals surface area contributed by atoms with E-state index in [1.54, 1.807) is 24.3 Å². The highest BCUT2D eigenvalue weighted by Gasteiger charge is 2.25. The summed E-state index contributed by atoms with van der Waals surface area (Å²) in [6.45, 7) is 3.47. The number of hydrogen-bond acceptors (Lipinski definition) is 3. The molecular formula is C17H16O2S. The van der Waals surface area contributed by atoms with Crippen LogP contribution in [-0.2, 0) is 4.79 Å². The summed E-state index contributed by atoms with van der Waals surface area (Å²) in [7, 11) is 0. The average molecular weight is 284 g/mol. The van der Waals surface area contributed by atoms with E-state index in [1.807, 2.05) is 37.3 Å². The molecule has 3 heteroatoms. The van der Waals surface area contributed by atoms with E-state index in [0.29, 0.717) is 5.56 Å². The Hall–Kier alpha value is -1.87. The maximum atomic E-state index is 12.4. The van der Waals surface area contributed by atoms with E-state index in [0.717, 1.165) is 10.5 Å². The van der Waals surface area contributed by atoms with Gasteiger partial charge in [0.15, 0.2) is 11.6 Å². The quantitative estimate of drug-likeness (QED) is 0.474. The van der Waals surface area contributed by atoms with Crippen molar-refractivity contribution >= 4 is 23.3 Å². The lowest BCUT2D eigenvalue weighted by atomic mass is 10.1. The molecule has 0 saturated heterocycles. The Morgan fingerprint density at radius 3 is 2.10 bits per heavy atom. The van der Waals surface area contributed by atoms with Gasteiger partial charge in [0.2, 0.25) is 0 Å². The lowest BCUT2D eigenvalue weighted by molar-refractivity contribution is -0.115. The molecule has 2 aromatic rings. The van der Waals surface area contributed by atoms with Crippen molar-refractivity contribution in [3.63, 3.8) is 0 Å². The first-order valence-electron chi connectivity index (χ1n) is 6.41. The van der Waals surface area contributed by atoms with Crippen LogP contribution in [0.1, 0.15) is 22.8 Å². The maximum absolute atomic E-state index is 12.4. The highest BCUT2D eigenvalue weighted by molar-refractivity contribution is 8.01. The SMILES string of the molecule is CC(=O)[C@@H](Sc1ccc(C)cc1)C(=O)c1ccccc1. The largest absolute Gasteiger partial charge is 0.298 e. The van der Waals surface area contributed by atoms with Gasteiger partial charge in [-0.05, 0) is 26.0 Å². The first-order chi connectivity index (χ1) is 9.58. The number of ketones is 2. The number of Topliss-reactive ketones (excluding diaryl/α,β-unsaturated/α-hetero) is 2. The highest BCUT2D eigenvalue weighted by Crippen LogP contribution is 2.26.